The van der Waals surface area contributed by atoms with Gasteiger partial charge in [0.15, 0.2) is 0 Å². The average Bonchev–Trinajstić information content (AvgIpc) is 2.24. The molecule has 7 heteroatoms. The second-order valence-corrected chi connectivity index (χ2v) is 5.46. The summed E-state index contributed by atoms with van der Waals surface area (Å²) in [5, 5.41) is 0. The predicted molar refractivity (Wildman–Crippen MR) is 75.5 cm³/mol. The molecule has 19 heavy (non-hydrogen) atoms. The smallest absolute Gasteiger partial charge is 1.00 e. The van der Waals surface area contributed by atoms with Crippen molar-refractivity contribution in [3.8, 4) is 0 Å². The van der Waals surface area contributed by atoms with Crippen molar-refractivity contribution in [2.24, 2.45) is 0 Å². The molecule has 0 aliphatic rings. The van der Waals surface area contributed by atoms with Crippen LogP contribution in [0.5, 0.6) is 0 Å². The van der Waals surface area contributed by atoms with Crippen LogP contribution in [0.2, 0.25) is 0 Å². The van der Waals surface area contributed by atoms with Crippen LogP contribution in [0.4, 0.5) is 0 Å². The maximum Gasteiger partial charge on any atom is 2.00 e. The van der Waals surface area contributed by atoms with Gasteiger partial charge in [-0.1, -0.05) is 64.7 Å². The molecule has 0 saturated heterocycles. The fourth-order valence-electron chi connectivity index (χ4n) is 1.75. The Morgan fingerprint density at radius 1 is 0.895 bits per heavy atom. The molecule has 0 N–H and O–H groups in total. The van der Waals surface area contributed by atoms with Crippen LogP contribution in [-0.2, 0) is 14.6 Å². The van der Waals surface area contributed by atoms with Crippen molar-refractivity contribution in [3.05, 3.63) is 0 Å². The van der Waals surface area contributed by atoms with E-state index in [4.69, 9.17) is 0 Å². The van der Waals surface area contributed by atoms with Gasteiger partial charge in [0, 0.05) is 0 Å². The van der Waals surface area contributed by atoms with Crippen molar-refractivity contribution in [1.29, 1.82) is 0 Å². The summed E-state index contributed by atoms with van der Waals surface area (Å²) in [6.07, 6.45) is 11.7. The molecule has 0 rings (SSSR count). The Morgan fingerprint density at radius 3 is 1.63 bits per heavy atom. The normalized spacial score (nSPS) is 10.6. The molecular formula is C12H27CaNaO4S. The van der Waals surface area contributed by atoms with Crippen LogP contribution in [0.3, 0.4) is 0 Å². The number of hydrogen-bond acceptors (Lipinski definition) is 4. The SMILES string of the molecule is CCCCCCCCCCCCOS(=O)(=O)[O-].[Ca+2].[H-].[H-].[Na+]. The first kappa shape index (κ1) is 26.0. The van der Waals surface area contributed by atoms with Gasteiger partial charge >= 0.3 is 67.3 Å². The van der Waals surface area contributed by atoms with E-state index in [0.29, 0.717) is 6.42 Å². The second-order valence-electron chi connectivity index (χ2n) is 4.41. The van der Waals surface area contributed by atoms with Gasteiger partial charge in [-0.05, 0) is 6.42 Å². The number of unbranched alkanes of at least 4 members (excludes halogenated alkanes) is 9. The van der Waals surface area contributed by atoms with E-state index >= 15 is 0 Å². The van der Waals surface area contributed by atoms with Crippen molar-refractivity contribution in [3.63, 3.8) is 0 Å². The Hall–Kier alpha value is 2.13. The van der Waals surface area contributed by atoms with Crippen LogP contribution in [0.1, 0.15) is 74.0 Å². The van der Waals surface area contributed by atoms with Crippen LogP contribution in [0, 0.1) is 0 Å². The van der Waals surface area contributed by atoms with Crippen molar-refractivity contribution in [2.75, 3.05) is 6.61 Å². The molecule has 0 fully saturated rings. The first-order valence-electron chi connectivity index (χ1n) is 6.66. The summed E-state index contributed by atoms with van der Waals surface area (Å²) in [5.74, 6) is 0. The van der Waals surface area contributed by atoms with E-state index in [1.165, 1.54) is 44.9 Å². The maximum absolute atomic E-state index is 10.1. The molecule has 0 atom stereocenters. The van der Waals surface area contributed by atoms with Crippen LogP contribution >= 0.6 is 0 Å². The van der Waals surface area contributed by atoms with E-state index in [2.05, 4.69) is 11.1 Å². The molecule has 4 nitrogen and oxygen atoms in total. The van der Waals surface area contributed by atoms with E-state index in [1.54, 1.807) is 0 Å². The summed E-state index contributed by atoms with van der Waals surface area (Å²) >= 11 is 0. The van der Waals surface area contributed by atoms with Gasteiger partial charge in [0.2, 0.25) is 10.4 Å². The van der Waals surface area contributed by atoms with Crippen molar-refractivity contribution < 1.29 is 49.6 Å². The zero-order chi connectivity index (χ0) is 13.0. The molecule has 0 bridgehead atoms. The van der Waals surface area contributed by atoms with Crippen molar-refractivity contribution in [1.82, 2.24) is 0 Å². The topological polar surface area (TPSA) is 66.4 Å². The molecule has 108 valence electrons. The summed E-state index contributed by atoms with van der Waals surface area (Å²) in [7, 11) is -4.48. The molecule has 0 aliphatic heterocycles. The quantitative estimate of drug-likeness (QED) is 0.222. The third-order valence-corrected chi connectivity index (χ3v) is 3.18. The summed E-state index contributed by atoms with van der Waals surface area (Å²) in [5.41, 5.74) is 0. The zero-order valence-electron chi connectivity index (χ0n) is 14.5. The standard InChI is InChI=1S/C12H26O4S.Ca.Na.2H/c1-2-3-4-5-6-7-8-9-10-11-12-16-17(13,14)15;;;;/h2-12H2,1H3,(H,13,14,15);;;;/q;+2;+1;2*-1/p-1. The van der Waals surface area contributed by atoms with Gasteiger partial charge in [0.05, 0.1) is 6.61 Å². The van der Waals surface area contributed by atoms with E-state index in [-0.39, 0.29) is 76.8 Å². The van der Waals surface area contributed by atoms with Crippen LogP contribution in [-0.4, -0.2) is 57.3 Å². The minimum atomic E-state index is -4.48. The number of rotatable bonds is 12. The molecule has 0 aromatic carbocycles. The van der Waals surface area contributed by atoms with E-state index in [0.717, 1.165) is 12.8 Å². The Labute approximate surface area is 173 Å². The Kier molecular flexibility index (Phi) is 24.9. The van der Waals surface area contributed by atoms with E-state index in [9.17, 15) is 13.0 Å². The summed E-state index contributed by atoms with van der Waals surface area (Å²) in [6.45, 7) is 2.24. The molecule has 0 aromatic heterocycles. The molecule has 0 heterocycles. The molecule has 0 amide bonds. The minimum absolute atomic E-state index is 0. The minimum Gasteiger partial charge on any atom is -1.00 e. The van der Waals surface area contributed by atoms with Gasteiger partial charge in [-0.15, -0.1) is 0 Å². The molecular weight excluding hydrogens is 303 g/mol. The second kappa shape index (κ2) is 18.2. The summed E-state index contributed by atoms with van der Waals surface area (Å²) in [4.78, 5) is 0. The molecule has 0 spiro atoms. The summed E-state index contributed by atoms with van der Waals surface area (Å²) < 4.78 is 34.5. The van der Waals surface area contributed by atoms with Crippen molar-refractivity contribution >= 4 is 48.1 Å². The van der Waals surface area contributed by atoms with Gasteiger partial charge in [-0.25, -0.2) is 8.42 Å². The summed E-state index contributed by atoms with van der Waals surface area (Å²) in [6, 6.07) is 0. The third kappa shape index (κ3) is 25.4. The molecule has 0 aromatic rings. The van der Waals surface area contributed by atoms with Gasteiger partial charge < -0.3 is 7.41 Å². The van der Waals surface area contributed by atoms with E-state index < -0.39 is 10.4 Å². The third-order valence-electron chi connectivity index (χ3n) is 2.73. The van der Waals surface area contributed by atoms with Crippen LogP contribution < -0.4 is 29.6 Å². The fraction of sp³-hybridized carbons (Fsp3) is 1.00. The zero-order valence-corrected chi connectivity index (χ0v) is 17.6. The molecule has 0 radical (unpaired) electrons. The van der Waals surface area contributed by atoms with E-state index in [1.807, 2.05) is 0 Å². The molecule has 0 saturated carbocycles. The van der Waals surface area contributed by atoms with Gasteiger partial charge in [-0.3, -0.25) is 4.18 Å². The Balaban J connectivity index is -0.000000213. The van der Waals surface area contributed by atoms with Crippen LogP contribution in [0.25, 0.3) is 0 Å². The fourth-order valence-corrected chi connectivity index (χ4v) is 2.07. The van der Waals surface area contributed by atoms with Gasteiger partial charge in [0.1, 0.15) is 0 Å². The monoisotopic (exact) mass is 330 g/mol. The van der Waals surface area contributed by atoms with Crippen molar-refractivity contribution in [2.45, 2.75) is 71.1 Å². The largest absolute Gasteiger partial charge is 2.00 e. The Bertz CT molecular complexity index is 270. The Morgan fingerprint density at radius 2 is 1.26 bits per heavy atom. The first-order chi connectivity index (χ1) is 8.06. The van der Waals surface area contributed by atoms with Gasteiger partial charge in [0.25, 0.3) is 0 Å². The van der Waals surface area contributed by atoms with Crippen LogP contribution in [0.15, 0.2) is 0 Å². The van der Waals surface area contributed by atoms with Gasteiger partial charge in [-0.2, -0.15) is 0 Å². The average molecular weight is 330 g/mol. The maximum atomic E-state index is 10.1. The molecule has 0 aliphatic carbocycles. The number of hydrogen-bond donors (Lipinski definition) is 0. The predicted octanol–water partition coefficient (Wildman–Crippen LogP) is 0.232. The first-order valence-corrected chi connectivity index (χ1v) is 8.00. The molecule has 0 unspecified atom stereocenters.